The molecule has 3 rings (SSSR count). The second-order valence-electron chi connectivity index (χ2n) is 4.14. The van der Waals surface area contributed by atoms with Crippen molar-refractivity contribution in [1.82, 2.24) is 15.0 Å². The van der Waals surface area contributed by atoms with Crippen LogP contribution in [-0.2, 0) is 0 Å². The first kappa shape index (κ1) is 11.5. The Morgan fingerprint density at radius 2 is 2.05 bits per heavy atom. The number of nitrogens with one attached hydrogen (secondary N) is 2. The fraction of sp³-hybridized carbons (Fsp3) is 0.0769. The Hall–Kier alpha value is -2.63. The van der Waals surface area contributed by atoms with E-state index in [0.29, 0.717) is 11.5 Å². The summed E-state index contributed by atoms with van der Waals surface area (Å²) in [5.74, 6) is 0.919. The lowest BCUT2D eigenvalue weighted by atomic mass is 10.2. The van der Waals surface area contributed by atoms with Gasteiger partial charge in [-0.2, -0.15) is 0 Å². The molecule has 0 fully saturated rings. The molecular weight excluding hydrogens is 245 g/mol. The van der Waals surface area contributed by atoms with Crippen LogP contribution in [0.4, 0.5) is 15.9 Å². The van der Waals surface area contributed by atoms with Crippen LogP contribution < -0.4 is 11.1 Å². The van der Waals surface area contributed by atoms with Crippen LogP contribution in [0.1, 0.15) is 0 Å². The van der Waals surface area contributed by atoms with E-state index in [2.05, 4.69) is 20.3 Å². The predicted molar refractivity (Wildman–Crippen MR) is 73.2 cm³/mol. The van der Waals surface area contributed by atoms with Crippen molar-refractivity contribution in [2.45, 2.75) is 0 Å². The molecule has 1 aromatic carbocycles. The molecule has 2 heterocycles. The SMILES string of the molecule is CNc1ccc2[nH]c(-c3ccc(F)c(N)c3)nc2n1. The van der Waals surface area contributed by atoms with Crippen LogP contribution in [0.5, 0.6) is 0 Å². The number of benzene rings is 1. The van der Waals surface area contributed by atoms with E-state index in [1.807, 2.05) is 12.1 Å². The van der Waals surface area contributed by atoms with Crippen LogP contribution in [-0.4, -0.2) is 22.0 Å². The molecule has 3 aromatic rings. The minimum Gasteiger partial charge on any atom is -0.396 e. The third-order valence-electron chi connectivity index (χ3n) is 2.87. The largest absolute Gasteiger partial charge is 0.396 e. The molecule has 0 spiro atoms. The number of imidazole rings is 1. The van der Waals surface area contributed by atoms with E-state index in [1.54, 1.807) is 19.2 Å². The lowest BCUT2D eigenvalue weighted by Crippen LogP contribution is -1.91. The van der Waals surface area contributed by atoms with E-state index in [-0.39, 0.29) is 5.69 Å². The number of nitrogen functional groups attached to an aromatic ring is 1. The van der Waals surface area contributed by atoms with Crippen molar-refractivity contribution < 1.29 is 4.39 Å². The van der Waals surface area contributed by atoms with Gasteiger partial charge in [-0.3, -0.25) is 0 Å². The van der Waals surface area contributed by atoms with Gasteiger partial charge in [0, 0.05) is 12.6 Å². The number of halogens is 1. The summed E-state index contributed by atoms with van der Waals surface area (Å²) in [4.78, 5) is 11.8. The summed E-state index contributed by atoms with van der Waals surface area (Å²) in [6, 6.07) is 8.24. The fourth-order valence-electron chi connectivity index (χ4n) is 1.86. The Morgan fingerprint density at radius 3 is 2.79 bits per heavy atom. The number of rotatable bonds is 2. The van der Waals surface area contributed by atoms with Gasteiger partial charge in [-0.05, 0) is 30.3 Å². The van der Waals surface area contributed by atoms with Gasteiger partial charge in [0.05, 0.1) is 11.2 Å². The Labute approximate surface area is 108 Å². The molecule has 0 aliphatic heterocycles. The molecule has 96 valence electrons. The first-order valence-corrected chi connectivity index (χ1v) is 5.77. The van der Waals surface area contributed by atoms with Gasteiger partial charge in [-0.1, -0.05) is 0 Å². The van der Waals surface area contributed by atoms with Gasteiger partial charge in [-0.15, -0.1) is 0 Å². The van der Waals surface area contributed by atoms with Crippen molar-refractivity contribution in [3.05, 3.63) is 36.1 Å². The number of nitrogens with zero attached hydrogens (tertiary/aromatic N) is 2. The highest BCUT2D eigenvalue weighted by Gasteiger charge is 2.08. The number of pyridine rings is 1. The highest BCUT2D eigenvalue weighted by Crippen LogP contribution is 2.23. The molecular formula is C13H12FN5. The number of aromatic amines is 1. The second kappa shape index (κ2) is 4.24. The average Bonchev–Trinajstić information content (AvgIpc) is 2.84. The lowest BCUT2D eigenvalue weighted by Gasteiger charge is -1.99. The standard InChI is InChI=1S/C13H12FN5/c1-16-11-5-4-10-13(18-11)19-12(17-10)7-2-3-8(14)9(15)6-7/h2-6H,15H2,1H3,(H2,16,17,18,19). The normalized spacial score (nSPS) is 10.8. The van der Waals surface area contributed by atoms with Crippen molar-refractivity contribution in [3.63, 3.8) is 0 Å². The smallest absolute Gasteiger partial charge is 0.180 e. The molecule has 4 N–H and O–H groups in total. The van der Waals surface area contributed by atoms with Crippen molar-refractivity contribution in [3.8, 4) is 11.4 Å². The molecule has 5 nitrogen and oxygen atoms in total. The quantitative estimate of drug-likeness (QED) is 0.616. The predicted octanol–water partition coefficient (Wildman–Crippen LogP) is 2.39. The molecule has 0 aliphatic rings. The molecule has 0 amide bonds. The molecule has 0 saturated carbocycles. The Kier molecular flexibility index (Phi) is 2.56. The Morgan fingerprint density at radius 1 is 1.21 bits per heavy atom. The Bertz CT molecular complexity index is 750. The summed E-state index contributed by atoms with van der Waals surface area (Å²) in [6.45, 7) is 0. The van der Waals surface area contributed by atoms with Gasteiger partial charge in [0.15, 0.2) is 5.65 Å². The van der Waals surface area contributed by atoms with Crippen molar-refractivity contribution >= 4 is 22.7 Å². The first-order chi connectivity index (χ1) is 9.17. The van der Waals surface area contributed by atoms with Crippen LogP contribution in [0, 0.1) is 5.82 Å². The molecule has 6 heteroatoms. The van der Waals surface area contributed by atoms with E-state index in [1.165, 1.54) is 6.07 Å². The number of hydrogen-bond acceptors (Lipinski definition) is 4. The van der Waals surface area contributed by atoms with E-state index in [0.717, 1.165) is 16.9 Å². The van der Waals surface area contributed by atoms with Gasteiger partial charge in [0.1, 0.15) is 17.5 Å². The summed E-state index contributed by atoms with van der Waals surface area (Å²) >= 11 is 0. The minimum atomic E-state index is -0.435. The minimum absolute atomic E-state index is 0.0989. The van der Waals surface area contributed by atoms with Gasteiger partial charge in [0.25, 0.3) is 0 Å². The summed E-state index contributed by atoms with van der Waals surface area (Å²) < 4.78 is 13.1. The number of nitrogens with two attached hydrogens (primary N) is 1. The second-order valence-corrected chi connectivity index (χ2v) is 4.14. The molecule has 0 unspecified atom stereocenters. The zero-order chi connectivity index (χ0) is 13.4. The maximum Gasteiger partial charge on any atom is 0.180 e. The molecule has 0 aliphatic carbocycles. The summed E-state index contributed by atoms with van der Waals surface area (Å²) in [5, 5.41) is 2.95. The van der Waals surface area contributed by atoms with Crippen LogP contribution in [0.2, 0.25) is 0 Å². The topological polar surface area (TPSA) is 79.6 Å². The third kappa shape index (κ3) is 1.97. The first-order valence-electron chi connectivity index (χ1n) is 5.77. The number of fused-ring (bicyclic) bond motifs is 1. The van der Waals surface area contributed by atoms with Crippen LogP contribution in [0.25, 0.3) is 22.6 Å². The molecule has 19 heavy (non-hydrogen) atoms. The summed E-state index contributed by atoms with van der Waals surface area (Å²) in [5.41, 5.74) is 7.80. The summed E-state index contributed by atoms with van der Waals surface area (Å²) in [7, 11) is 1.79. The van der Waals surface area contributed by atoms with E-state index in [9.17, 15) is 4.39 Å². The number of H-pyrrole nitrogens is 1. The fourth-order valence-corrected chi connectivity index (χ4v) is 1.86. The third-order valence-corrected chi connectivity index (χ3v) is 2.87. The van der Waals surface area contributed by atoms with E-state index in [4.69, 9.17) is 5.73 Å². The molecule has 0 radical (unpaired) electrons. The summed E-state index contributed by atoms with van der Waals surface area (Å²) in [6.07, 6.45) is 0. The van der Waals surface area contributed by atoms with Crippen LogP contribution in [0.3, 0.4) is 0 Å². The lowest BCUT2D eigenvalue weighted by molar-refractivity contribution is 0.632. The maximum atomic E-state index is 13.1. The number of aromatic nitrogens is 3. The van der Waals surface area contributed by atoms with Gasteiger partial charge < -0.3 is 16.0 Å². The molecule has 0 atom stereocenters. The molecule has 2 aromatic heterocycles. The Balaban J connectivity index is 2.11. The van der Waals surface area contributed by atoms with Crippen molar-refractivity contribution in [2.75, 3.05) is 18.1 Å². The van der Waals surface area contributed by atoms with Crippen LogP contribution >= 0.6 is 0 Å². The van der Waals surface area contributed by atoms with Gasteiger partial charge >= 0.3 is 0 Å². The van der Waals surface area contributed by atoms with Crippen molar-refractivity contribution in [2.24, 2.45) is 0 Å². The van der Waals surface area contributed by atoms with Crippen LogP contribution in [0.15, 0.2) is 30.3 Å². The zero-order valence-electron chi connectivity index (χ0n) is 10.2. The van der Waals surface area contributed by atoms with Gasteiger partial charge in [0.2, 0.25) is 0 Å². The highest BCUT2D eigenvalue weighted by molar-refractivity contribution is 5.78. The highest BCUT2D eigenvalue weighted by atomic mass is 19.1. The number of anilines is 2. The van der Waals surface area contributed by atoms with Crippen molar-refractivity contribution in [1.29, 1.82) is 0 Å². The van der Waals surface area contributed by atoms with E-state index < -0.39 is 5.82 Å². The zero-order valence-corrected chi connectivity index (χ0v) is 10.2. The molecule has 0 saturated heterocycles. The monoisotopic (exact) mass is 257 g/mol. The molecule has 0 bridgehead atoms. The maximum absolute atomic E-state index is 13.1. The number of hydrogen-bond donors (Lipinski definition) is 3. The van der Waals surface area contributed by atoms with Gasteiger partial charge in [-0.25, -0.2) is 14.4 Å². The average molecular weight is 257 g/mol. The van der Waals surface area contributed by atoms with E-state index >= 15 is 0 Å².